The Morgan fingerprint density at radius 3 is 2.94 bits per heavy atom. The molecule has 0 radical (unpaired) electrons. The minimum atomic E-state index is 0.548. The molecular weight excluding hydrogens is 220 g/mol. The summed E-state index contributed by atoms with van der Waals surface area (Å²) in [5.74, 6) is 0.651. The van der Waals surface area contributed by atoms with E-state index in [2.05, 4.69) is 60.0 Å². The Balaban J connectivity index is 2.02. The van der Waals surface area contributed by atoms with Crippen LogP contribution in [0.25, 0.3) is 16.5 Å². The summed E-state index contributed by atoms with van der Waals surface area (Å²) in [6.07, 6.45) is 4.72. The average Bonchev–Trinajstić information content (AvgIpc) is 2.76. The zero-order valence-corrected chi connectivity index (χ0v) is 10.9. The van der Waals surface area contributed by atoms with Gasteiger partial charge in [0.15, 0.2) is 0 Å². The maximum Gasteiger partial charge on any atom is 0.0557 e. The Morgan fingerprint density at radius 2 is 2.06 bits per heavy atom. The molecule has 0 amide bonds. The largest absolute Gasteiger partial charge is 0.345 e. The van der Waals surface area contributed by atoms with E-state index >= 15 is 0 Å². The van der Waals surface area contributed by atoms with Crippen LogP contribution in [0, 0.1) is 5.92 Å². The fraction of sp³-hybridized carbons (Fsp3) is 0.375. The van der Waals surface area contributed by atoms with Crippen LogP contribution < -0.4 is 0 Å². The molecule has 0 saturated heterocycles. The van der Waals surface area contributed by atoms with E-state index in [-0.39, 0.29) is 0 Å². The summed E-state index contributed by atoms with van der Waals surface area (Å²) < 4.78 is 2.42. The van der Waals surface area contributed by atoms with Crippen LogP contribution in [0.1, 0.15) is 12.5 Å². The Hall–Kier alpha value is -1.54. The van der Waals surface area contributed by atoms with Gasteiger partial charge in [-0.2, -0.15) is 0 Å². The van der Waals surface area contributed by atoms with Gasteiger partial charge >= 0.3 is 0 Å². The number of fused-ring (bicyclic) bond motifs is 2. The number of aromatic nitrogens is 1. The van der Waals surface area contributed by atoms with Gasteiger partial charge in [0, 0.05) is 30.2 Å². The molecule has 2 heteroatoms. The molecule has 1 aromatic heterocycles. The van der Waals surface area contributed by atoms with E-state index < -0.39 is 0 Å². The topological polar surface area (TPSA) is 8.17 Å². The number of nitrogens with zero attached hydrogens (tertiary/aromatic N) is 2. The first-order valence-corrected chi connectivity index (χ1v) is 6.74. The molecule has 2 aromatic rings. The molecule has 0 N–H and O–H groups in total. The second-order valence-corrected chi connectivity index (χ2v) is 5.77. The summed E-state index contributed by atoms with van der Waals surface area (Å²) in [5.41, 5.74) is 4.39. The summed E-state index contributed by atoms with van der Waals surface area (Å²) >= 11 is 0. The second kappa shape index (κ2) is 3.48. The van der Waals surface area contributed by atoms with Crippen LogP contribution in [-0.4, -0.2) is 29.1 Å². The third kappa shape index (κ3) is 1.27. The Labute approximate surface area is 108 Å². The predicted molar refractivity (Wildman–Crippen MR) is 75.5 cm³/mol. The van der Waals surface area contributed by atoms with Crippen molar-refractivity contribution in [2.75, 3.05) is 13.6 Å². The molecule has 4 rings (SSSR count). The zero-order chi connectivity index (χ0) is 12.3. The minimum Gasteiger partial charge on any atom is -0.345 e. The van der Waals surface area contributed by atoms with E-state index in [4.69, 9.17) is 0 Å². The third-order valence-corrected chi connectivity index (χ3v) is 4.40. The van der Waals surface area contributed by atoms with E-state index in [1.54, 1.807) is 0 Å². The van der Waals surface area contributed by atoms with Gasteiger partial charge in [0.1, 0.15) is 0 Å². The van der Waals surface area contributed by atoms with E-state index in [0.29, 0.717) is 12.0 Å². The van der Waals surface area contributed by atoms with Crippen molar-refractivity contribution in [1.82, 2.24) is 9.47 Å². The molecule has 1 aromatic carbocycles. The van der Waals surface area contributed by atoms with E-state index in [9.17, 15) is 0 Å². The molecular formula is C16H18N2. The summed E-state index contributed by atoms with van der Waals surface area (Å²) in [5, 5.41) is 1.37. The SMILES string of the molecule is CC1C=C2c3cccc4ccn(c34)CC2N(C)C1. The Bertz CT molecular complexity index is 650. The molecule has 0 aliphatic carbocycles. The highest BCUT2D eigenvalue weighted by molar-refractivity contribution is 5.94. The summed E-state index contributed by atoms with van der Waals surface area (Å²) in [4.78, 5) is 2.50. The lowest BCUT2D eigenvalue weighted by atomic mass is 9.86. The molecule has 92 valence electrons. The standard InChI is InChI=1S/C16H18N2/c1-11-8-14-13-5-3-4-12-6-7-18(16(12)13)10-15(14)17(2)9-11/h3-8,11,15H,9-10H2,1-2H3. The molecule has 2 aliphatic heterocycles. The lowest BCUT2D eigenvalue weighted by molar-refractivity contribution is 0.234. The van der Waals surface area contributed by atoms with Crippen LogP contribution in [0.5, 0.6) is 0 Å². The first kappa shape index (κ1) is 10.4. The van der Waals surface area contributed by atoms with Gasteiger partial charge in [0.05, 0.1) is 11.6 Å². The van der Waals surface area contributed by atoms with Gasteiger partial charge < -0.3 is 4.57 Å². The monoisotopic (exact) mass is 238 g/mol. The van der Waals surface area contributed by atoms with E-state index in [0.717, 1.165) is 6.54 Å². The molecule has 18 heavy (non-hydrogen) atoms. The number of benzene rings is 1. The Kier molecular flexibility index (Phi) is 2.01. The van der Waals surface area contributed by atoms with E-state index in [1.807, 2.05) is 0 Å². The van der Waals surface area contributed by atoms with Crippen molar-refractivity contribution in [3.05, 3.63) is 42.1 Å². The molecule has 3 heterocycles. The lowest BCUT2D eigenvalue weighted by Gasteiger charge is -2.39. The molecule has 0 saturated carbocycles. The first-order chi connectivity index (χ1) is 8.74. The van der Waals surface area contributed by atoms with Crippen molar-refractivity contribution in [2.45, 2.75) is 19.5 Å². The fourth-order valence-corrected chi connectivity index (χ4v) is 3.63. The van der Waals surface area contributed by atoms with Crippen LogP contribution in [-0.2, 0) is 6.54 Å². The van der Waals surface area contributed by atoms with Gasteiger partial charge in [0.25, 0.3) is 0 Å². The summed E-state index contributed by atoms with van der Waals surface area (Å²) in [6.45, 7) is 4.57. The molecule has 2 nitrogen and oxygen atoms in total. The lowest BCUT2D eigenvalue weighted by Crippen LogP contribution is -2.43. The number of para-hydroxylation sites is 1. The molecule has 2 unspecified atom stereocenters. The normalized spacial score (nSPS) is 27.1. The van der Waals surface area contributed by atoms with Crippen molar-refractivity contribution in [3.8, 4) is 0 Å². The molecule has 0 fully saturated rings. The smallest absolute Gasteiger partial charge is 0.0557 e. The van der Waals surface area contributed by atoms with Gasteiger partial charge in [0.2, 0.25) is 0 Å². The number of hydrogen-bond acceptors (Lipinski definition) is 1. The van der Waals surface area contributed by atoms with Crippen molar-refractivity contribution >= 4 is 16.5 Å². The molecule has 2 aliphatic rings. The molecule has 0 spiro atoms. The van der Waals surface area contributed by atoms with Crippen molar-refractivity contribution in [2.24, 2.45) is 5.92 Å². The fourth-order valence-electron chi connectivity index (χ4n) is 3.63. The van der Waals surface area contributed by atoms with Crippen molar-refractivity contribution in [3.63, 3.8) is 0 Å². The number of hydrogen-bond donors (Lipinski definition) is 0. The summed E-state index contributed by atoms with van der Waals surface area (Å²) in [7, 11) is 2.25. The van der Waals surface area contributed by atoms with E-state index in [1.165, 1.54) is 28.6 Å². The molecule has 0 bridgehead atoms. The number of likely N-dealkylation sites (N-methyl/N-ethyl adjacent to an activating group) is 1. The summed E-state index contributed by atoms with van der Waals surface area (Å²) in [6, 6.07) is 9.46. The first-order valence-electron chi connectivity index (χ1n) is 6.74. The van der Waals surface area contributed by atoms with Gasteiger partial charge in [-0.15, -0.1) is 0 Å². The predicted octanol–water partition coefficient (Wildman–Crippen LogP) is 2.99. The average molecular weight is 238 g/mol. The number of rotatable bonds is 0. The highest BCUT2D eigenvalue weighted by Crippen LogP contribution is 2.38. The van der Waals surface area contributed by atoms with Gasteiger partial charge in [-0.25, -0.2) is 0 Å². The second-order valence-electron chi connectivity index (χ2n) is 5.77. The van der Waals surface area contributed by atoms with Crippen molar-refractivity contribution in [1.29, 1.82) is 0 Å². The maximum absolute atomic E-state index is 2.50. The zero-order valence-electron chi connectivity index (χ0n) is 10.9. The van der Waals surface area contributed by atoms with Crippen molar-refractivity contribution < 1.29 is 0 Å². The van der Waals surface area contributed by atoms with Crippen LogP contribution >= 0.6 is 0 Å². The molecule has 2 atom stereocenters. The van der Waals surface area contributed by atoms with Crippen LogP contribution in [0.4, 0.5) is 0 Å². The third-order valence-electron chi connectivity index (χ3n) is 4.40. The van der Waals surface area contributed by atoms with Crippen LogP contribution in [0.3, 0.4) is 0 Å². The highest BCUT2D eigenvalue weighted by atomic mass is 15.2. The van der Waals surface area contributed by atoms with Gasteiger partial charge in [-0.05, 0) is 24.6 Å². The van der Waals surface area contributed by atoms with Crippen LogP contribution in [0.15, 0.2) is 36.5 Å². The quantitative estimate of drug-likeness (QED) is 0.685. The minimum absolute atomic E-state index is 0.548. The van der Waals surface area contributed by atoms with Gasteiger partial charge in [-0.1, -0.05) is 31.2 Å². The maximum atomic E-state index is 2.50. The highest BCUT2D eigenvalue weighted by Gasteiger charge is 2.31. The Morgan fingerprint density at radius 1 is 1.17 bits per heavy atom. The van der Waals surface area contributed by atoms with Gasteiger partial charge in [-0.3, -0.25) is 4.90 Å². The van der Waals surface area contributed by atoms with Crippen LogP contribution in [0.2, 0.25) is 0 Å².